The number of aryl methyl sites for hydroxylation is 1. The highest BCUT2D eigenvalue weighted by molar-refractivity contribution is 5.31. The van der Waals surface area contributed by atoms with E-state index in [1.165, 1.54) is 62.5 Å². The molecule has 1 heteroatoms. The maximum atomic E-state index is 5.41. The van der Waals surface area contributed by atoms with Crippen molar-refractivity contribution in [3.63, 3.8) is 0 Å². The molecule has 1 saturated heterocycles. The van der Waals surface area contributed by atoms with Gasteiger partial charge in [-0.25, -0.2) is 0 Å². The molecule has 0 N–H and O–H groups in total. The van der Waals surface area contributed by atoms with Crippen molar-refractivity contribution < 1.29 is 4.74 Å². The predicted molar refractivity (Wildman–Crippen MR) is 76.8 cm³/mol. The first-order valence-electron chi connectivity index (χ1n) is 7.61. The SMILES string of the molecule is CCCCCCCCCc1ccccc1C1CO1. The van der Waals surface area contributed by atoms with Crippen LogP contribution in [0, 0.1) is 0 Å². The first-order valence-corrected chi connectivity index (χ1v) is 7.61. The molecule has 0 aromatic heterocycles. The summed E-state index contributed by atoms with van der Waals surface area (Å²) >= 11 is 0. The molecule has 0 bridgehead atoms. The summed E-state index contributed by atoms with van der Waals surface area (Å²) in [5, 5.41) is 0. The van der Waals surface area contributed by atoms with Crippen LogP contribution < -0.4 is 0 Å². The van der Waals surface area contributed by atoms with Crippen LogP contribution >= 0.6 is 0 Å². The van der Waals surface area contributed by atoms with Crippen LogP contribution in [0.2, 0.25) is 0 Å². The summed E-state index contributed by atoms with van der Waals surface area (Å²) in [6.07, 6.45) is 11.3. The Morgan fingerprint density at radius 2 is 1.67 bits per heavy atom. The molecule has 0 saturated carbocycles. The van der Waals surface area contributed by atoms with Gasteiger partial charge in [-0.15, -0.1) is 0 Å². The summed E-state index contributed by atoms with van der Waals surface area (Å²) in [4.78, 5) is 0. The lowest BCUT2D eigenvalue weighted by molar-refractivity contribution is 0.414. The lowest BCUT2D eigenvalue weighted by Gasteiger charge is -2.07. The van der Waals surface area contributed by atoms with Gasteiger partial charge in [0.1, 0.15) is 6.10 Å². The molecular weight excluding hydrogens is 220 g/mol. The van der Waals surface area contributed by atoms with Crippen LogP contribution in [0.3, 0.4) is 0 Å². The molecule has 1 fully saturated rings. The van der Waals surface area contributed by atoms with Gasteiger partial charge in [0, 0.05) is 0 Å². The molecule has 1 aliphatic rings. The number of benzene rings is 1. The molecular formula is C17H26O. The molecule has 100 valence electrons. The molecule has 1 atom stereocenters. The van der Waals surface area contributed by atoms with E-state index in [1.54, 1.807) is 0 Å². The van der Waals surface area contributed by atoms with Crippen molar-refractivity contribution in [1.82, 2.24) is 0 Å². The average Bonchev–Trinajstić information content (AvgIpc) is 3.22. The van der Waals surface area contributed by atoms with Crippen LogP contribution in [0.1, 0.15) is 69.1 Å². The fraction of sp³-hybridized carbons (Fsp3) is 0.647. The van der Waals surface area contributed by atoms with Gasteiger partial charge in [0.25, 0.3) is 0 Å². The molecule has 18 heavy (non-hydrogen) atoms. The number of ether oxygens (including phenoxy) is 1. The minimum atomic E-state index is 0.408. The van der Waals surface area contributed by atoms with Crippen LogP contribution in [-0.4, -0.2) is 6.61 Å². The maximum Gasteiger partial charge on any atom is 0.106 e. The molecule has 1 aliphatic heterocycles. The summed E-state index contributed by atoms with van der Waals surface area (Å²) in [5.74, 6) is 0. The molecule has 2 rings (SSSR count). The Balaban J connectivity index is 1.64. The Labute approximate surface area is 112 Å². The van der Waals surface area contributed by atoms with Crippen molar-refractivity contribution in [3.8, 4) is 0 Å². The number of unbranched alkanes of at least 4 members (excludes halogenated alkanes) is 6. The van der Waals surface area contributed by atoms with E-state index < -0.39 is 0 Å². The lowest BCUT2D eigenvalue weighted by Crippen LogP contribution is -1.93. The van der Waals surface area contributed by atoms with Crippen LogP contribution in [0.15, 0.2) is 24.3 Å². The molecule has 0 spiro atoms. The summed E-state index contributed by atoms with van der Waals surface area (Å²) in [5.41, 5.74) is 2.94. The second-order valence-electron chi connectivity index (χ2n) is 5.39. The quantitative estimate of drug-likeness (QED) is 0.439. The summed E-state index contributed by atoms with van der Waals surface area (Å²) in [6, 6.07) is 8.79. The van der Waals surface area contributed by atoms with Crippen molar-refractivity contribution in [3.05, 3.63) is 35.4 Å². The van der Waals surface area contributed by atoms with Gasteiger partial charge < -0.3 is 4.74 Å². The van der Waals surface area contributed by atoms with Gasteiger partial charge in [0.15, 0.2) is 0 Å². The molecule has 1 unspecified atom stereocenters. The molecule has 1 aromatic carbocycles. The number of epoxide rings is 1. The fourth-order valence-electron chi connectivity index (χ4n) is 2.58. The van der Waals surface area contributed by atoms with E-state index in [1.807, 2.05) is 0 Å². The third kappa shape index (κ3) is 4.45. The van der Waals surface area contributed by atoms with Gasteiger partial charge in [0.05, 0.1) is 6.61 Å². The van der Waals surface area contributed by atoms with Crippen LogP contribution in [0.4, 0.5) is 0 Å². The van der Waals surface area contributed by atoms with Crippen molar-refractivity contribution in [2.24, 2.45) is 0 Å². The molecule has 1 heterocycles. The number of hydrogen-bond donors (Lipinski definition) is 0. The highest BCUT2D eigenvalue weighted by Gasteiger charge is 2.26. The molecule has 0 radical (unpaired) electrons. The van der Waals surface area contributed by atoms with Gasteiger partial charge in [-0.3, -0.25) is 0 Å². The largest absolute Gasteiger partial charge is 0.368 e. The minimum absolute atomic E-state index is 0.408. The molecule has 1 aromatic rings. The van der Waals surface area contributed by atoms with Crippen LogP contribution in [0.5, 0.6) is 0 Å². The Morgan fingerprint density at radius 3 is 2.39 bits per heavy atom. The number of hydrogen-bond acceptors (Lipinski definition) is 1. The molecule has 1 nitrogen and oxygen atoms in total. The van der Waals surface area contributed by atoms with Gasteiger partial charge >= 0.3 is 0 Å². The third-order valence-electron chi connectivity index (χ3n) is 3.78. The fourth-order valence-corrected chi connectivity index (χ4v) is 2.58. The number of rotatable bonds is 9. The zero-order valence-corrected chi connectivity index (χ0v) is 11.7. The van der Waals surface area contributed by atoms with E-state index in [-0.39, 0.29) is 0 Å². The average molecular weight is 246 g/mol. The Hall–Kier alpha value is -0.820. The van der Waals surface area contributed by atoms with E-state index in [2.05, 4.69) is 31.2 Å². The van der Waals surface area contributed by atoms with Crippen molar-refractivity contribution >= 4 is 0 Å². The Morgan fingerprint density at radius 1 is 1.00 bits per heavy atom. The Bertz CT molecular complexity index is 341. The van der Waals surface area contributed by atoms with Gasteiger partial charge in [-0.05, 0) is 24.0 Å². The van der Waals surface area contributed by atoms with E-state index in [0.717, 1.165) is 6.61 Å². The first kappa shape index (κ1) is 13.6. The lowest BCUT2D eigenvalue weighted by atomic mass is 9.99. The summed E-state index contributed by atoms with van der Waals surface area (Å²) in [7, 11) is 0. The van der Waals surface area contributed by atoms with Crippen LogP contribution in [0.25, 0.3) is 0 Å². The third-order valence-corrected chi connectivity index (χ3v) is 3.78. The van der Waals surface area contributed by atoms with Crippen LogP contribution in [-0.2, 0) is 11.2 Å². The highest BCUT2D eigenvalue weighted by atomic mass is 16.6. The monoisotopic (exact) mass is 246 g/mol. The highest BCUT2D eigenvalue weighted by Crippen LogP contribution is 2.32. The van der Waals surface area contributed by atoms with E-state index in [0.29, 0.717) is 6.10 Å². The summed E-state index contributed by atoms with van der Waals surface area (Å²) < 4.78 is 5.41. The van der Waals surface area contributed by atoms with E-state index in [9.17, 15) is 0 Å². The molecule has 0 amide bonds. The van der Waals surface area contributed by atoms with Gasteiger partial charge in [-0.1, -0.05) is 69.7 Å². The molecule has 0 aliphatic carbocycles. The zero-order chi connectivity index (χ0) is 12.6. The maximum absolute atomic E-state index is 5.41. The van der Waals surface area contributed by atoms with E-state index in [4.69, 9.17) is 4.74 Å². The van der Waals surface area contributed by atoms with Gasteiger partial charge in [0.2, 0.25) is 0 Å². The first-order chi connectivity index (χ1) is 8.92. The second-order valence-corrected chi connectivity index (χ2v) is 5.39. The predicted octanol–water partition coefficient (Wildman–Crippen LogP) is 5.05. The standard InChI is InChI=1S/C17H26O/c1-2-3-4-5-6-7-8-11-15-12-9-10-13-16(15)17-14-18-17/h9-10,12-13,17H,2-8,11,14H2,1H3. The van der Waals surface area contributed by atoms with Crippen molar-refractivity contribution in [2.45, 2.75) is 64.4 Å². The summed E-state index contributed by atoms with van der Waals surface area (Å²) in [6.45, 7) is 3.20. The minimum Gasteiger partial charge on any atom is -0.368 e. The normalized spacial score (nSPS) is 17.9. The zero-order valence-electron chi connectivity index (χ0n) is 11.7. The van der Waals surface area contributed by atoms with E-state index >= 15 is 0 Å². The van der Waals surface area contributed by atoms with Gasteiger partial charge in [-0.2, -0.15) is 0 Å². The smallest absolute Gasteiger partial charge is 0.106 e. The van der Waals surface area contributed by atoms with Crippen molar-refractivity contribution in [1.29, 1.82) is 0 Å². The topological polar surface area (TPSA) is 12.5 Å². The second kappa shape index (κ2) is 7.58. The van der Waals surface area contributed by atoms with Crippen molar-refractivity contribution in [2.75, 3.05) is 6.61 Å². The Kier molecular flexibility index (Phi) is 5.73.